The molecule has 0 fully saturated rings. The van der Waals surface area contributed by atoms with Gasteiger partial charge in [-0.05, 0) is 17.2 Å². The molecule has 0 radical (unpaired) electrons. The van der Waals surface area contributed by atoms with Crippen LogP contribution in [0.5, 0.6) is 6.01 Å². The molecule has 0 unspecified atom stereocenters. The molecule has 2 rings (SSSR count). The molecule has 0 spiro atoms. The molecule has 1 aromatic heterocycles. The number of methoxy groups -OCH3 is 1. The summed E-state index contributed by atoms with van der Waals surface area (Å²) in [6, 6.07) is 10.1. The van der Waals surface area contributed by atoms with Crippen molar-refractivity contribution in [3.8, 4) is 6.01 Å². The van der Waals surface area contributed by atoms with Crippen molar-refractivity contribution in [1.82, 2.24) is 15.0 Å². The number of halogens is 1. The number of anilines is 1. The minimum Gasteiger partial charge on any atom is -0.467 e. The molecule has 0 atom stereocenters. The molecule has 0 amide bonds. The lowest BCUT2D eigenvalue weighted by Crippen LogP contribution is -2.05. The quantitative estimate of drug-likeness (QED) is 0.901. The van der Waals surface area contributed by atoms with Crippen LogP contribution < -0.4 is 10.1 Å². The van der Waals surface area contributed by atoms with E-state index in [9.17, 15) is 0 Å². The largest absolute Gasteiger partial charge is 0.467 e. The van der Waals surface area contributed by atoms with E-state index >= 15 is 0 Å². The molecule has 0 saturated heterocycles. The highest BCUT2D eigenvalue weighted by Crippen LogP contribution is 2.11. The van der Waals surface area contributed by atoms with Crippen LogP contribution in [-0.2, 0) is 6.54 Å². The first kappa shape index (κ1) is 11.6. The lowest BCUT2D eigenvalue weighted by molar-refractivity contribution is 0.379. The van der Waals surface area contributed by atoms with E-state index in [0.29, 0.717) is 12.5 Å². The van der Waals surface area contributed by atoms with Crippen molar-refractivity contribution in [1.29, 1.82) is 0 Å². The third-order valence-electron chi connectivity index (χ3n) is 2.06. The van der Waals surface area contributed by atoms with Gasteiger partial charge in [0.15, 0.2) is 0 Å². The molecule has 5 nitrogen and oxygen atoms in total. The number of rotatable bonds is 4. The number of ether oxygens (including phenoxy) is 1. The van der Waals surface area contributed by atoms with Crippen molar-refractivity contribution >= 4 is 17.5 Å². The van der Waals surface area contributed by atoms with Gasteiger partial charge in [0.05, 0.1) is 7.11 Å². The minimum absolute atomic E-state index is 0.104. The molecule has 0 aliphatic carbocycles. The van der Waals surface area contributed by atoms with E-state index in [-0.39, 0.29) is 11.3 Å². The Kier molecular flexibility index (Phi) is 3.72. The van der Waals surface area contributed by atoms with Gasteiger partial charge in [-0.3, -0.25) is 0 Å². The summed E-state index contributed by atoms with van der Waals surface area (Å²) in [5.74, 6) is 0.394. The van der Waals surface area contributed by atoms with Crippen LogP contribution in [0.1, 0.15) is 5.56 Å². The fourth-order valence-electron chi connectivity index (χ4n) is 1.28. The van der Waals surface area contributed by atoms with Gasteiger partial charge in [-0.15, -0.1) is 0 Å². The van der Waals surface area contributed by atoms with Crippen molar-refractivity contribution in [2.45, 2.75) is 6.54 Å². The summed E-state index contributed by atoms with van der Waals surface area (Å²) in [6.07, 6.45) is 0. The Labute approximate surface area is 104 Å². The first-order chi connectivity index (χ1) is 8.28. The van der Waals surface area contributed by atoms with Gasteiger partial charge in [0.2, 0.25) is 11.2 Å². The average Bonchev–Trinajstić information content (AvgIpc) is 2.37. The fourth-order valence-corrected chi connectivity index (χ4v) is 1.43. The Hall–Kier alpha value is -1.88. The van der Waals surface area contributed by atoms with Crippen LogP contribution in [0.25, 0.3) is 0 Å². The topological polar surface area (TPSA) is 59.9 Å². The van der Waals surface area contributed by atoms with Crippen molar-refractivity contribution in [2.24, 2.45) is 0 Å². The first-order valence-corrected chi connectivity index (χ1v) is 5.39. The molecule has 88 valence electrons. The van der Waals surface area contributed by atoms with Crippen LogP contribution in [0.2, 0.25) is 5.28 Å². The van der Waals surface area contributed by atoms with Gasteiger partial charge in [-0.1, -0.05) is 30.3 Å². The van der Waals surface area contributed by atoms with Crippen LogP contribution in [0, 0.1) is 0 Å². The first-order valence-electron chi connectivity index (χ1n) is 5.01. The van der Waals surface area contributed by atoms with E-state index in [1.165, 1.54) is 7.11 Å². The number of hydrogen-bond donors (Lipinski definition) is 1. The van der Waals surface area contributed by atoms with Crippen LogP contribution in [0.15, 0.2) is 30.3 Å². The lowest BCUT2D eigenvalue weighted by atomic mass is 10.2. The summed E-state index contributed by atoms with van der Waals surface area (Å²) in [6.45, 7) is 0.615. The molecular formula is C11H11ClN4O. The Morgan fingerprint density at radius 3 is 2.65 bits per heavy atom. The molecule has 0 bridgehead atoms. The average molecular weight is 251 g/mol. The zero-order valence-corrected chi connectivity index (χ0v) is 9.98. The summed E-state index contributed by atoms with van der Waals surface area (Å²) in [7, 11) is 1.48. The van der Waals surface area contributed by atoms with E-state index in [1.807, 2.05) is 30.3 Å². The maximum absolute atomic E-state index is 5.73. The Morgan fingerprint density at radius 1 is 1.18 bits per heavy atom. The summed E-state index contributed by atoms with van der Waals surface area (Å²) in [4.78, 5) is 11.8. The molecule has 0 aliphatic rings. The van der Waals surface area contributed by atoms with Crippen molar-refractivity contribution in [2.75, 3.05) is 12.4 Å². The Balaban J connectivity index is 2.06. The van der Waals surface area contributed by atoms with E-state index in [0.717, 1.165) is 5.56 Å². The van der Waals surface area contributed by atoms with Crippen molar-refractivity contribution in [3.63, 3.8) is 0 Å². The molecule has 0 aliphatic heterocycles. The van der Waals surface area contributed by atoms with Gasteiger partial charge in [0, 0.05) is 6.54 Å². The SMILES string of the molecule is COc1nc(Cl)nc(NCc2ccccc2)n1. The molecule has 1 N–H and O–H groups in total. The van der Waals surface area contributed by atoms with Crippen LogP contribution >= 0.6 is 11.6 Å². The van der Waals surface area contributed by atoms with E-state index < -0.39 is 0 Å². The predicted octanol–water partition coefficient (Wildman–Crippen LogP) is 2.15. The third-order valence-corrected chi connectivity index (χ3v) is 2.23. The van der Waals surface area contributed by atoms with E-state index in [1.54, 1.807) is 0 Å². The number of aromatic nitrogens is 3. The molecule has 1 aromatic carbocycles. The molecule has 2 aromatic rings. The standard InChI is InChI=1S/C11H11ClN4O/c1-17-11-15-9(12)14-10(16-11)13-7-8-5-3-2-4-6-8/h2-6H,7H2,1H3,(H,13,14,15,16). The molecule has 0 saturated carbocycles. The number of hydrogen-bond acceptors (Lipinski definition) is 5. The summed E-state index contributed by atoms with van der Waals surface area (Å²) >= 11 is 5.73. The molecule has 17 heavy (non-hydrogen) atoms. The number of nitrogens with one attached hydrogen (secondary N) is 1. The highest BCUT2D eigenvalue weighted by atomic mass is 35.5. The fraction of sp³-hybridized carbons (Fsp3) is 0.182. The normalized spacial score (nSPS) is 10.0. The maximum Gasteiger partial charge on any atom is 0.322 e. The van der Waals surface area contributed by atoms with Crippen LogP contribution in [-0.4, -0.2) is 22.1 Å². The van der Waals surface area contributed by atoms with Gasteiger partial charge in [-0.2, -0.15) is 15.0 Å². The molecule has 1 heterocycles. The summed E-state index contributed by atoms with van der Waals surface area (Å²) in [5.41, 5.74) is 1.13. The Morgan fingerprint density at radius 2 is 1.94 bits per heavy atom. The molecular weight excluding hydrogens is 240 g/mol. The number of benzene rings is 1. The number of nitrogens with zero attached hydrogens (tertiary/aromatic N) is 3. The van der Waals surface area contributed by atoms with Gasteiger partial charge < -0.3 is 10.1 Å². The van der Waals surface area contributed by atoms with Gasteiger partial charge in [-0.25, -0.2) is 0 Å². The van der Waals surface area contributed by atoms with Crippen molar-refractivity contribution < 1.29 is 4.74 Å². The smallest absolute Gasteiger partial charge is 0.322 e. The monoisotopic (exact) mass is 250 g/mol. The van der Waals surface area contributed by atoms with Crippen LogP contribution in [0.3, 0.4) is 0 Å². The minimum atomic E-state index is 0.104. The molecule has 6 heteroatoms. The van der Waals surface area contributed by atoms with Gasteiger partial charge in [0.1, 0.15) is 0 Å². The van der Waals surface area contributed by atoms with Crippen molar-refractivity contribution in [3.05, 3.63) is 41.2 Å². The highest BCUT2D eigenvalue weighted by Gasteiger charge is 2.04. The summed E-state index contributed by atoms with van der Waals surface area (Å²) in [5, 5.41) is 3.15. The predicted molar refractivity (Wildman–Crippen MR) is 65.2 cm³/mol. The second-order valence-corrected chi connectivity index (χ2v) is 3.59. The zero-order valence-electron chi connectivity index (χ0n) is 9.22. The maximum atomic E-state index is 5.73. The Bertz CT molecular complexity index is 492. The van der Waals surface area contributed by atoms with E-state index in [4.69, 9.17) is 16.3 Å². The third kappa shape index (κ3) is 3.29. The highest BCUT2D eigenvalue weighted by molar-refractivity contribution is 6.28. The second-order valence-electron chi connectivity index (χ2n) is 3.25. The van der Waals surface area contributed by atoms with E-state index in [2.05, 4.69) is 20.3 Å². The van der Waals surface area contributed by atoms with Gasteiger partial charge in [0.25, 0.3) is 0 Å². The second kappa shape index (κ2) is 5.45. The zero-order chi connectivity index (χ0) is 12.1. The van der Waals surface area contributed by atoms with Gasteiger partial charge >= 0.3 is 6.01 Å². The lowest BCUT2D eigenvalue weighted by Gasteiger charge is -2.05. The van der Waals surface area contributed by atoms with Crippen LogP contribution in [0.4, 0.5) is 5.95 Å². The summed E-state index contributed by atoms with van der Waals surface area (Å²) < 4.78 is 4.90.